The van der Waals surface area contributed by atoms with Gasteiger partial charge in [-0.05, 0) is 12.1 Å². The maximum absolute atomic E-state index is 6.05. The second-order valence-electron chi connectivity index (χ2n) is 5.08. The highest BCUT2D eigenvalue weighted by molar-refractivity contribution is 9.10. The van der Waals surface area contributed by atoms with Gasteiger partial charge in [-0.2, -0.15) is 5.10 Å². The van der Waals surface area contributed by atoms with Crippen LogP contribution in [0.1, 0.15) is 12.5 Å². The summed E-state index contributed by atoms with van der Waals surface area (Å²) in [5.74, 6) is -0.393. The Morgan fingerprint density at radius 2 is 2.00 bits per heavy atom. The van der Waals surface area contributed by atoms with Crippen molar-refractivity contribution in [2.45, 2.75) is 19.3 Å². The van der Waals surface area contributed by atoms with Gasteiger partial charge in [-0.3, -0.25) is 0 Å². The van der Waals surface area contributed by atoms with E-state index in [0.717, 1.165) is 10.0 Å². The van der Waals surface area contributed by atoms with Gasteiger partial charge in [-0.1, -0.05) is 35.0 Å². The summed E-state index contributed by atoms with van der Waals surface area (Å²) in [6, 6.07) is 8.00. The normalized spacial score (nSPS) is 26.6. The Morgan fingerprint density at radius 1 is 1.30 bits per heavy atom. The quantitative estimate of drug-likeness (QED) is 0.863. The van der Waals surface area contributed by atoms with Crippen molar-refractivity contribution in [2.75, 3.05) is 13.2 Å². The number of hydrogen-bond donors (Lipinski definition) is 0. The molecule has 1 aliphatic heterocycles. The monoisotopic (exact) mass is 337 g/mol. The van der Waals surface area contributed by atoms with Crippen molar-refractivity contribution in [1.82, 2.24) is 14.8 Å². The minimum Gasteiger partial charge on any atom is -0.344 e. The molecule has 20 heavy (non-hydrogen) atoms. The van der Waals surface area contributed by atoms with Gasteiger partial charge in [0, 0.05) is 16.0 Å². The van der Waals surface area contributed by atoms with Gasteiger partial charge in [-0.25, -0.2) is 9.67 Å². The lowest BCUT2D eigenvalue weighted by molar-refractivity contribution is -0.298. The van der Waals surface area contributed by atoms with Crippen LogP contribution in [-0.4, -0.2) is 28.0 Å². The predicted molar refractivity (Wildman–Crippen MR) is 76.9 cm³/mol. The molecule has 2 aromatic rings. The molecule has 0 aliphatic carbocycles. The van der Waals surface area contributed by atoms with E-state index >= 15 is 0 Å². The Morgan fingerprint density at radius 3 is 2.60 bits per heavy atom. The Kier molecular flexibility index (Phi) is 3.87. The highest BCUT2D eigenvalue weighted by Crippen LogP contribution is 2.34. The number of halogens is 1. The Balaban J connectivity index is 1.92. The van der Waals surface area contributed by atoms with Gasteiger partial charge in [0.1, 0.15) is 19.2 Å². The van der Waals surface area contributed by atoms with Crippen LogP contribution in [0.25, 0.3) is 0 Å². The minimum absolute atomic E-state index is 0.398. The van der Waals surface area contributed by atoms with Crippen LogP contribution in [0.3, 0.4) is 0 Å². The third-order valence-electron chi connectivity index (χ3n) is 3.32. The van der Waals surface area contributed by atoms with Crippen LogP contribution in [0.4, 0.5) is 0 Å². The summed E-state index contributed by atoms with van der Waals surface area (Å²) in [6.07, 6.45) is 3.19. The maximum Gasteiger partial charge on any atom is 0.215 e. The molecule has 1 aliphatic rings. The second-order valence-corrected chi connectivity index (χ2v) is 6.00. The van der Waals surface area contributed by atoms with Crippen LogP contribution in [-0.2, 0) is 21.8 Å². The number of aromatic nitrogens is 3. The van der Waals surface area contributed by atoms with E-state index in [4.69, 9.17) is 9.47 Å². The first-order valence-electron chi connectivity index (χ1n) is 6.54. The van der Waals surface area contributed by atoms with E-state index in [-0.39, 0.29) is 0 Å². The average Bonchev–Trinajstić information content (AvgIpc) is 2.95. The fourth-order valence-electron chi connectivity index (χ4n) is 2.22. The van der Waals surface area contributed by atoms with Crippen LogP contribution in [0.15, 0.2) is 41.4 Å². The van der Waals surface area contributed by atoms with Gasteiger partial charge < -0.3 is 9.47 Å². The van der Waals surface area contributed by atoms with E-state index < -0.39 is 5.79 Å². The SMILES string of the molecule is CC1COC(Cn2cncn2)(c2ccc(Br)cc2)OC1. The van der Waals surface area contributed by atoms with E-state index in [0.29, 0.717) is 25.7 Å². The smallest absolute Gasteiger partial charge is 0.215 e. The molecule has 1 fully saturated rings. The van der Waals surface area contributed by atoms with Crippen molar-refractivity contribution in [1.29, 1.82) is 0 Å². The molecular weight excluding hydrogens is 322 g/mol. The molecule has 5 nitrogen and oxygen atoms in total. The molecule has 1 saturated heterocycles. The molecule has 0 unspecified atom stereocenters. The van der Waals surface area contributed by atoms with Gasteiger partial charge in [-0.15, -0.1) is 0 Å². The maximum atomic E-state index is 6.05. The van der Waals surface area contributed by atoms with Crippen LogP contribution < -0.4 is 0 Å². The van der Waals surface area contributed by atoms with Crippen LogP contribution in [0, 0.1) is 5.92 Å². The molecule has 3 rings (SSSR count). The Bertz CT molecular complexity index is 548. The summed E-state index contributed by atoms with van der Waals surface area (Å²) < 4.78 is 14.9. The van der Waals surface area contributed by atoms with E-state index in [1.807, 2.05) is 24.3 Å². The highest BCUT2D eigenvalue weighted by Gasteiger charge is 2.39. The van der Waals surface area contributed by atoms with Crippen LogP contribution >= 0.6 is 15.9 Å². The topological polar surface area (TPSA) is 49.2 Å². The summed E-state index contributed by atoms with van der Waals surface area (Å²) in [5.41, 5.74) is 0.989. The summed E-state index contributed by atoms with van der Waals surface area (Å²) in [4.78, 5) is 3.97. The van der Waals surface area contributed by atoms with E-state index in [1.165, 1.54) is 6.33 Å². The lowest BCUT2D eigenvalue weighted by Crippen LogP contribution is -2.44. The van der Waals surface area contributed by atoms with Crippen molar-refractivity contribution in [3.05, 3.63) is 47.0 Å². The zero-order valence-corrected chi connectivity index (χ0v) is 12.8. The molecule has 6 heteroatoms. The highest BCUT2D eigenvalue weighted by atomic mass is 79.9. The molecule has 1 aromatic carbocycles. The molecule has 0 atom stereocenters. The molecule has 0 bridgehead atoms. The lowest BCUT2D eigenvalue weighted by Gasteiger charge is -2.39. The molecule has 2 heterocycles. The van der Waals surface area contributed by atoms with Crippen molar-refractivity contribution in [2.24, 2.45) is 5.92 Å². The number of hydrogen-bond acceptors (Lipinski definition) is 4. The predicted octanol–water partition coefficient (Wildman–Crippen LogP) is 2.58. The number of rotatable bonds is 3. The van der Waals surface area contributed by atoms with Gasteiger partial charge in [0.15, 0.2) is 0 Å². The molecule has 106 valence electrons. The fraction of sp³-hybridized carbons (Fsp3) is 0.429. The van der Waals surface area contributed by atoms with Crippen molar-refractivity contribution >= 4 is 15.9 Å². The number of nitrogens with zero attached hydrogens (tertiary/aromatic N) is 3. The number of benzene rings is 1. The van der Waals surface area contributed by atoms with Crippen molar-refractivity contribution in [3.63, 3.8) is 0 Å². The molecule has 1 aromatic heterocycles. The summed E-state index contributed by atoms with van der Waals surface area (Å²) in [6.45, 7) is 3.94. The summed E-state index contributed by atoms with van der Waals surface area (Å²) >= 11 is 3.45. The Labute approximate surface area is 126 Å². The minimum atomic E-state index is -0.791. The van der Waals surface area contributed by atoms with Gasteiger partial charge in [0.25, 0.3) is 0 Å². The van der Waals surface area contributed by atoms with E-state index in [1.54, 1.807) is 11.0 Å². The first kappa shape index (κ1) is 13.7. The van der Waals surface area contributed by atoms with Crippen LogP contribution in [0.2, 0.25) is 0 Å². The molecule has 0 spiro atoms. The second kappa shape index (κ2) is 5.63. The molecule has 0 N–H and O–H groups in total. The first-order chi connectivity index (χ1) is 9.68. The molecule has 0 saturated carbocycles. The third-order valence-corrected chi connectivity index (χ3v) is 3.85. The lowest BCUT2D eigenvalue weighted by atomic mass is 10.0. The summed E-state index contributed by atoms with van der Waals surface area (Å²) in [7, 11) is 0. The largest absolute Gasteiger partial charge is 0.344 e. The number of ether oxygens (including phenoxy) is 2. The van der Waals surface area contributed by atoms with Crippen LogP contribution in [0.5, 0.6) is 0 Å². The standard InChI is InChI=1S/C14H16BrN3O2/c1-11-6-19-14(20-7-11,8-18-10-16-9-17-18)12-2-4-13(15)5-3-12/h2-5,9-11H,6-8H2,1H3. The third kappa shape index (κ3) is 2.77. The van der Waals surface area contributed by atoms with Gasteiger partial charge in [0.05, 0.1) is 13.2 Å². The summed E-state index contributed by atoms with van der Waals surface area (Å²) in [5, 5.41) is 4.15. The van der Waals surface area contributed by atoms with Crippen molar-refractivity contribution < 1.29 is 9.47 Å². The zero-order chi connectivity index (χ0) is 14.0. The van der Waals surface area contributed by atoms with Crippen molar-refractivity contribution in [3.8, 4) is 0 Å². The molecule has 0 amide bonds. The van der Waals surface area contributed by atoms with E-state index in [2.05, 4.69) is 32.9 Å². The fourth-order valence-corrected chi connectivity index (χ4v) is 2.49. The Hall–Kier alpha value is -1.24. The zero-order valence-electron chi connectivity index (χ0n) is 11.2. The van der Waals surface area contributed by atoms with Gasteiger partial charge in [0.2, 0.25) is 5.79 Å². The van der Waals surface area contributed by atoms with E-state index in [9.17, 15) is 0 Å². The van der Waals surface area contributed by atoms with Gasteiger partial charge >= 0.3 is 0 Å². The molecule has 0 radical (unpaired) electrons. The molecular formula is C14H16BrN3O2. The average molecular weight is 338 g/mol. The first-order valence-corrected chi connectivity index (χ1v) is 7.34.